The molecular formula is C18H22N4O2. The summed E-state index contributed by atoms with van der Waals surface area (Å²) in [7, 11) is 3.43. The number of carbonyl (C=O) groups excluding carboxylic acids is 1. The van der Waals surface area contributed by atoms with Gasteiger partial charge >= 0.3 is 0 Å². The summed E-state index contributed by atoms with van der Waals surface area (Å²) in [5.41, 5.74) is 3.25. The summed E-state index contributed by atoms with van der Waals surface area (Å²) in [5, 5.41) is 16.6. The number of aliphatic imine (C=N–C) groups is 1. The van der Waals surface area contributed by atoms with Gasteiger partial charge in [-0.3, -0.25) is 9.79 Å². The number of aliphatic hydroxyl groups is 1. The number of hydrazone groups is 1. The Morgan fingerprint density at radius 3 is 2.54 bits per heavy atom. The van der Waals surface area contributed by atoms with Gasteiger partial charge in [-0.1, -0.05) is 30.3 Å². The second-order valence-corrected chi connectivity index (χ2v) is 6.39. The van der Waals surface area contributed by atoms with Crippen molar-refractivity contribution < 1.29 is 9.90 Å². The number of hydrogen-bond donors (Lipinski definition) is 1. The van der Waals surface area contributed by atoms with Gasteiger partial charge in [-0.05, 0) is 19.4 Å². The third kappa shape index (κ3) is 2.68. The molecule has 2 aliphatic rings. The third-order valence-electron chi connectivity index (χ3n) is 4.44. The first-order valence-electron chi connectivity index (χ1n) is 7.96. The van der Waals surface area contributed by atoms with Crippen LogP contribution in [0.1, 0.15) is 19.4 Å². The first-order chi connectivity index (χ1) is 11.4. The minimum atomic E-state index is -0.501. The third-order valence-corrected chi connectivity index (χ3v) is 4.44. The lowest BCUT2D eigenvalue weighted by atomic mass is 9.96. The van der Waals surface area contributed by atoms with Crippen molar-refractivity contribution in [1.82, 2.24) is 9.91 Å². The van der Waals surface area contributed by atoms with Crippen LogP contribution in [0.3, 0.4) is 0 Å². The number of carbonyl (C=O) groups is 1. The molecular weight excluding hydrogens is 304 g/mol. The maximum Gasteiger partial charge on any atom is 0.235 e. The van der Waals surface area contributed by atoms with E-state index in [0.717, 1.165) is 16.8 Å². The molecule has 6 nitrogen and oxygen atoms in total. The van der Waals surface area contributed by atoms with Crippen molar-refractivity contribution in [3.05, 3.63) is 47.4 Å². The van der Waals surface area contributed by atoms with Crippen LogP contribution in [-0.4, -0.2) is 52.6 Å². The Morgan fingerprint density at radius 1 is 1.25 bits per heavy atom. The normalized spacial score (nSPS) is 22.9. The van der Waals surface area contributed by atoms with E-state index in [2.05, 4.69) is 10.1 Å². The highest BCUT2D eigenvalue weighted by Gasteiger charge is 2.45. The Balaban J connectivity index is 1.93. The molecule has 1 amide bonds. The van der Waals surface area contributed by atoms with Gasteiger partial charge in [0.05, 0.1) is 5.71 Å². The average molecular weight is 326 g/mol. The van der Waals surface area contributed by atoms with Crippen molar-refractivity contribution in [2.75, 3.05) is 14.1 Å². The fourth-order valence-corrected chi connectivity index (χ4v) is 3.12. The van der Waals surface area contributed by atoms with Crippen molar-refractivity contribution in [3.63, 3.8) is 0 Å². The van der Waals surface area contributed by atoms with Gasteiger partial charge in [-0.2, -0.15) is 5.10 Å². The molecule has 0 fully saturated rings. The number of allylic oxidation sites excluding steroid dienone is 1. The molecule has 126 valence electrons. The van der Waals surface area contributed by atoms with Crippen LogP contribution in [0.4, 0.5) is 0 Å². The number of hydrogen-bond acceptors (Lipinski definition) is 5. The van der Waals surface area contributed by atoms with Crippen molar-refractivity contribution in [3.8, 4) is 0 Å². The number of benzene rings is 1. The summed E-state index contributed by atoms with van der Waals surface area (Å²) in [6.07, 6.45) is 0.0750. The second-order valence-electron chi connectivity index (χ2n) is 6.39. The Labute approximate surface area is 141 Å². The van der Waals surface area contributed by atoms with Crippen LogP contribution in [-0.2, 0) is 11.2 Å². The molecule has 1 aromatic carbocycles. The molecule has 2 heterocycles. The minimum Gasteiger partial charge on any atom is -0.493 e. The van der Waals surface area contributed by atoms with Crippen molar-refractivity contribution in [2.45, 2.75) is 26.4 Å². The molecule has 0 radical (unpaired) electrons. The van der Waals surface area contributed by atoms with E-state index < -0.39 is 12.1 Å². The van der Waals surface area contributed by atoms with Gasteiger partial charge in [0.25, 0.3) is 0 Å². The minimum absolute atomic E-state index is 0.0559. The molecule has 0 saturated heterocycles. The van der Waals surface area contributed by atoms with E-state index in [0.29, 0.717) is 12.1 Å². The van der Waals surface area contributed by atoms with Crippen LogP contribution in [0.2, 0.25) is 0 Å². The Morgan fingerprint density at radius 2 is 1.92 bits per heavy atom. The van der Waals surface area contributed by atoms with Crippen LogP contribution >= 0.6 is 0 Å². The number of nitrogens with zero attached hydrogens (tertiary/aromatic N) is 4. The lowest BCUT2D eigenvalue weighted by Crippen LogP contribution is -2.43. The van der Waals surface area contributed by atoms with E-state index in [1.807, 2.05) is 37.3 Å². The lowest BCUT2D eigenvalue weighted by Gasteiger charge is -2.30. The number of rotatable bonds is 3. The van der Waals surface area contributed by atoms with Crippen LogP contribution in [0.25, 0.3) is 0 Å². The molecule has 1 aromatic rings. The monoisotopic (exact) mass is 326 g/mol. The van der Waals surface area contributed by atoms with Gasteiger partial charge in [0.1, 0.15) is 5.92 Å². The fourth-order valence-electron chi connectivity index (χ4n) is 3.12. The van der Waals surface area contributed by atoms with Crippen molar-refractivity contribution in [1.29, 1.82) is 0 Å². The summed E-state index contributed by atoms with van der Waals surface area (Å²) in [6.45, 7) is 3.68. The lowest BCUT2D eigenvalue weighted by molar-refractivity contribution is -0.132. The Kier molecular flexibility index (Phi) is 4.13. The smallest absolute Gasteiger partial charge is 0.235 e. The van der Waals surface area contributed by atoms with E-state index in [-0.39, 0.29) is 11.8 Å². The quantitative estimate of drug-likeness (QED) is 0.926. The van der Waals surface area contributed by atoms with Gasteiger partial charge in [-0.15, -0.1) is 0 Å². The first kappa shape index (κ1) is 16.2. The second kappa shape index (κ2) is 6.11. The largest absolute Gasteiger partial charge is 0.493 e. The molecule has 2 aliphatic heterocycles. The van der Waals surface area contributed by atoms with E-state index in [1.165, 1.54) is 9.91 Å². The van der Waals surface area contributed by atoms with Gasteiger partial charge in [0, 0.05) is 31.8 Å². The molecule has 2 unspecified atom stereocenters. The van der Waals surface area contributed by atoms with E-state index in [9.17, 15) is 9.90 Å². The van der Waals surface area contributed by atoms with E-state index in [1.54, 1.807) is 21.0 Å². The Hall–Kier alpha value is -2.63. The standard InChI is InChI=1S/C18H22N4O2/c1-11-14(10-13-8-6-5-7-9-13)17(23)22-16(19-11)15(12(2)20-22)18(24)21(3)4/h5-9,15-16,23H,10H2,1-4H3. The van der Waals surface area contributed by atoms with Crippen LogP contribution < -0.4 is 0 Å². The topological polar surface area (TPSA) is 68.5 Å². The molecule has 1 N–H and O–H groups in total. The van der Waals surface area contributed by atoms with Gasteiger partial charge in [0.15, 0.2) is 6.17 Å². The highest BCUT2D eigenvalue weighted by molar-refractivity contribution is 6.06. The number of amides is 1. The van der Waals surface area contributed by atoms with Crippen LogP contribution in [0, 0.1) is 5.92 Å². The number of fused-ring (bicyclic) bond motifs is 1. The molecule has 0 bridgehead atoms. The maximum atomic E-state index is 12.4. The summed E-state index contributed by atoms with van der Waals surface area (Å²) in [6, 6.07) is 9.91. The molecule has 24 heavy (non-hydrogen) atoms. The zero-order valence-electron chi connectivity index (χ0n) is 14.4. The van der Waals surface area contributed by atoms with E-state index >= 15 is 0 Å². The van der Waals surface area contributed by atoms with Gasteiger partial charge in [-0.25, -0.2) is 5.01 Å². The van der Waals surface area contributed by atoms with Crippen LogP contribution in [0.5, 0.6) is 0 Å². The highest BCUT2D eigenvalue weighted by atomic mass is 16.3. The Bertz CT molecular complexity index is 750. The molecule has 0 spiro atoms. The summed E-state index contributed by atoms with van der Waals surface area (Å²) in [4.78, 5) is 18.7. The van der Waals surface area contributed by atoms with Gasteiger partial charge in [0.2, 0.25) is 11.8 Å². The fraction of sp³-hybridized carbons (Fsp3) is 0.389. The highest BCUT2D eigenvalue weighted by Crippen LogP contribution is 2.33. The van der Waals surface area contributed by atoms with Crippen molar-refractivity contribution >= 4 is 17.3 Å². The predicted octanol–water partition coefficient (Wildman–Crippen LogP) is 2.20. The van der Waals surface area contributed by atoms with Crippen LogP contribution in [0.15, 0.2) is 51.9 Å². The molecule has 2 atom stereocenters. The summed E-state index contributed by atoms with van der Waals surface area (Å²) >= 11 is 0. The zero-order chi connectivity index (χ0) is 17.4. The molecule has 0 aromatic heterocycles. The average Bonchev–Trinajstić information content (AvgIpc) is 2.88. The van der Waals surface area contributed by atoms with Gasteiger partial charge < -0.3 is 10.0 Å². The molecule has 3 rings (SSSR count). The van der Waals surface area contributed by atoms with Crippen molar-refractivity contribution in [2.24, 2.45) is 16.0 Å². The number of aliphatic hydroxyl groups excluding tert-OH is 1. The zero-order valence-corrected chi connectivity index (χ0v) is 14.4. The summed E-state index contributed by atoms with van der Waals surface area (Å²) < 4.78 is 0. The first-order valence-corrected chi connectivity index (χ1v) is 7.96. The predicted molar refractivity (Wildman–Crippen MR) is 93.8 cm³/mol. The van der Waals surface area contributed by atoms with E-state index in [4.69, 9.17) is 0 Å². The molecule has 6 heteroatoms. The maximum absolute atomic E-state index is 12.4. The SMILES string of the molecule is CC1=NC2C(C(=O)N(C)C)C(C)=NN2C(O)=C1Cc1ccccc1. The summed E-state index contributed by atoms with van der Waals surface area (Å²) in [5.74, 6) is -0.431. The molecule has 0 saturated carbocycles. The molecule has 0 aliphatic carbocycles.